The number of rotatable bonds is 14. The molecule has 0 aliphatic heterocycles. The summed E-state index contributed by atoms with van der Waals surface area (Å²) in [5.74, 6) is -0.779. The van der Waals surface area contributed by atoms with Gasteiger partial charge in [0.1, 0.15) is 5.88 Å². The number of carbonyl (C=O) groups is 2. The summed E-state index contributed by atoms with van der Waals surface area (Å²) >= 11 is 5.46. The van der Waals surface area contributed by atoms with Gasteiger partial charge in [-0.15, -0.1) is 11.6 Å². The number of alkyl halides is 1. The summed E-state index contributed by atoms with van der Waals surface area (Å²) in [6.07, 6.45) is 12.5. The number of unbranched alkanes of at least 4 members (excludes halogenated alkanes) is 9. The van der Waals surface area contributed by atoms with E-state index in [4.69, 9.17) is 16.3 Å². The molecule has 1 amide bonds. The van der Waals surface area contributed by atoms with E-state index in [2.05, 4.69) is 12.2 Å². The van der Waals surface area contributed by atoms with Crippen LogP contribution in [0.1, 0.15) is 81.5 Å². The largest absolute Gasteiger partial charge is 0.462 e. The van der Waals surface area contributed by atoms with Crippen molar-refractivity contribution < 1.29 is 14.3 Å². The van der Waals surface area contributed by atoms with Gasteiger partial charge in [-0.1, -0.05) is 70.8 Å². The smallest absolute Gasteiger partial charge is 0.338 e. The fraction of sp³-hybridized carbons (Fsp3) is 0.619. The molecule has 0 saturated heterocycles. The molecule has 0 aromatic heterocycles. The third-order valence-corrected chi connectivity index (χ3v) is 4.48. The van der Waals surface area contributed by atoms with Gasteiger partial charge in [-0.2, -0.15) is 0 Å². The highest BCUT2D eigenvalue weighted by Gasteiger charge is 2.08. The first-order valence-electron chi connectivity index (χ1n) is 9.80. The van der Waals surface area contributed by atoms with Crippen molar-refractivity contribution in [3.8, 4) is 0 Å². The summed E-state index contributed by atoms with van der Waals surface area (Å²) in [5, 5.41) is 2.62. The Hall–Kier alpha value is -1.55. The van der Waals surface area contributed by atoms with Crippen LogP contribution < -0.4 is 5.32 Å². The average molecular weight is 382 g/mol. The summed E-state index contributed by atoms with van der Waals surface area (Å²) in [6.45, 7) is 2.68. The Bertz CT molecular complexity index is 534. The van der Waals surface area contributed by atoms with Crippen LogP contribution >= 0.6 is 11.6 Å². The first-order valence-corrected chi connectivity index (χ1v) is 10.3. The molecule has 1 N–H and O–H groups in total. The van der Waals surface area contributed by atoms with Crippen molar-refractivity contribution in [1.29, 1.82) is 0 Å². The molecule has 26 heavy (non-hydrogen) atoms. The number of hydrogen-bond donors (Lipinski definition) is 1. The van der Waals surface area contributed by atoms with E-state index in [9.17, 15) is 9.59 Å². The van der Waals surface area contributed by atoms with E-state index >= 15 is 0 Å². The quantitative estimate of drug-likeness (QED) is 0.246. The molecule has 0 saturated carbocycles. The Labute approximate surface area is 162 Å². The van der Waals surface area contributed by atoms with Crippen LogP contribution in [0.3, 0.4) is 0 Å². The maximum Gasteiger partial charge on any atom is 0.338 e. The zero-order valence-electron chi connectivity index (χ0n) is 15.9. The van der Waals surface area contributed by atoms with Crippen molar-refractivity contribution in [1.82, 2.24) is 0 Å². The first kappa shape index (κ1) is 22.5. The Balaban J connectivity index is 2.11. The first-order chi connectivity index (χ1) is 12.7. The number of carbonyl (C=O) groups excluding carboxylic acids is 2. The minimum atomic E-state index is -0.358. The van der Waals surface area contributed by atoms with Crippen LogP contribution in [-0.4, -0.2) is 24.4 Å². The van der Waals surface area contributed by atoms with E-state index in [-0.39, 0.29) is 17.8 Å². The fourth-order valence-corrected chi connectivity index (χ4v) is 2.82. The number of amides is 1. The third kappa shape index (κ3) is 10.4. The Kier molecular flexibility index (Phi) is 12.6. The van der Waals surface area contributed by atoms with E-state index in [1.54, 1.807) is 24.3 Å². The summed E-state index contributed by atoms with van der Waals surface area (Å²) in [4.78, 5) is 23.3. The molecule has 0 atom stereocenters. The molecule has 0 radical (unpaired) electrons. The van der Waals surface area contributed by atoms with E-state index in [1.165, 1.54) is 51.4 Å². The number of anilines is 1. The lowest BCUT2D eigenvalue weighted by atomic mass is 10.1. The predicted molar refractivity (Wildman–Crippen MR) is 108 cm³/mol. The lowest BCUT2D eigenvalue weighted by molar-refractivity contribution is -0.113. The second-order valence-corrected chi connectivity index (χ2v) is 6.85. The zero-order chi connectivity index (χ0) is 19.0. The van der Waals surface area contributed by atoms with Crippen molar-refractivity contribution in [2.45, 2.75) is 71.1 Å². The van der Waals surface area contributed by atoms with Crippen molar-refractivity contribution in [3.05, 3.63) is 29.8 Å². The van der Waals surface area contributed by atoms with Crippen LogP contribution in [0.5, 0.6) is 0 Å². The van der Waals surface area contributed by atoms with Gasteiger partial charge in [0.05, 0.1) is 12.2 Å². The lowest BCUT2D eigenvalue weighted by Crippen LogP contribution is -2.13. The van der Waals surface area contributed by atoms with Crippen LogP contribution in [0.25, 0.3) is 0 Å². The Morgan fingerprint density at radius 2 is 1.58 bits per heavy atom. The minimum Gasteiger partial charge on any atom is -0.462 e. The van der Waals surface area contributed by atoms with Gasteiger partial charge in [-0.05, 0) is 24.6 Å². The lowest BCUT2D eigenvalue weighted by Gasteiger charge is -2.07. The zero-order valence-corrected chi connectivity index (χ0v) is 16.7. The molecule has 0 unspecified atom stereocenters. The molecule has 1 aromatic carbocycles. The van der Waals surface area contributed by atoms with Gasteiger partial charge < -0.3 is 10.1 Å². The SMILES string of the molecule is CCCCCCCCCCCCOC(=O)c1cccc(NC(=O)CCl)c1. The van der Waals surface area contributed by atoms with Gasteiger partial charge in [0.25, 0.3) is 0 Å². The molecule has 1 aromatic rings. The molecule has 0 aliphatic rings. The van der Waals surface area contributed by atoms with Crippen LogP contribution in [0.2, 0.25) is 0 Å². The molecular weight excluding hydrogens is 350 g/mol. The van der Waals surface area contributed by atoms with E-state index in [1.807, 2.05) is 0 Å². The Morgan fingerprint density at radius 1 is 0.962 bits per heavy atom. The van der Waals surface area contributed by atoms with Crippen LogP contribution in [0, 0.1) is 0 Å². The molecule has 0 aliphatic carbocycles. The molecule has 1 rings (SSSR count). The van der Waals surface area contributed by atoms with Gasteiger partial charge in [-0.25, -0.2) is 4.79 Å². The molecular formula is C21H32ClNO3. The van der Waals surface area contributed by atoms with Crippen molar-refractivity contribution >= 4 is 29.2 Å². The van der Waals surface area contributed by atoms with Crippen LogP contribution in [0.4, 0.5) is 5.69 Å². The summed E-state index contributed by atoms with van der Waals surface area (Å²) in [7, 11) is 0. The molecule has 146 valence electrons. The third-order valence-electron chi connectivity index (χ3n) is 4.23. The summed E-state index contributed by atoms with van der Waals surface area (Å²) in [5.41, 5.74) is 0.980. The van der Waals surface area contributed by atoms with Gasteiger partial charge in [0.2, 0.25) is 5.91 Å². The second-order valence-electron chi connectivity index (χ2n) is 6.58. The number of hydrogen-bond acceptors (Lipinski definition) is 3. The summed E-state index contributed by atoms with van der Waals surface area (Å²) < 4.78 is 5.31. The predicted octanol–water partition coefficient (Wildman–Crippen LogP) is 5.94. The standard InChI is InChI=1S/C21H32ClNO3/c1-2-3-4-5-6-7-8-9-10-11-15-26-21(25)18-13-12-14-19(16-18)23-20(24)17-22/h12-14,16H,2-11,15,17H2,1H3,(H,23,24). The maximum absolute atomic E-state index is 12.1. The van der Waals surface area contributed by atoms with Gasteiger partial charge >= 0.3 is 5.97 Å². The van der Waals surface area contributed by atoms with E-state index < -0.39 is 0 Å². The normalized spacial score (nSPS) is 10.5. The number of ether oxygens (including phenoxy) is 1. The highest BCUT2D eigenvalue weighted by molar-refractivity contribution is 6.29. The maximum atomic E-state index is 12.1. The minimum absolute atomic E-state index is 0.118. The van der Waals surface area contributed by atoms with Gasteiger partial charge in [0, 0.05) is 5.69 Å². The number of halogens is 1. The summed E-state index contributed by atoms with van der Waals surface area (Å²) in [6, 6.07) is 6.70. The van der Waals surface area contributed by atoms with Crippen molar-refractivity contribution in [2.24, 2.45) is 0 Å². The van der Waals surface area contributed by atoms with Crippen LogP contribution in [0.15, 0.2) is 24.3 Å². The molecule has 0 heterocycles. The molecule has 0 bridgehead atoms. The number of esters is 1. The van der Waals surface area contributed by atoms with E-state index in [0.717, 1.165) is 12.8 Å². The molecule has 0 spiro atoms. The monoisotopic (exact) mass is 381 g/mol. The topological polar surface area (TPSA) is 55.4 Å². The highest BCUT2D eigenvalue weighted by atomic mass is 35.5. The Morgan fingerprint density at radius 3 is 2.19 bits per heavy atom. The van der Waals surface area contributed by atoms with Crippen molar-refractivity contribution in [3.63, 3.8) is 0 Å². The second kappa shape index (κ2) is 14.6. The molecule has 5 heteroatoms. The van der Waals surface area contributed by atoms with Crippen LogP contribution in [-0.2, 0) is 9.53 Å². The molecule has 0 fully saturated rings. The van der Waals surface area contributed by atoms with Gasteiger partial charge in [-0.3, -0.25) is 4.79 Å². The fourth-order valence-electron chi connectivity index (χ4n) is 2.76. The average Bonchev–Trinajstić information content (AvgIpc) is 2.66. The number of nitrogens with one attached hydrogen (secondary N) is 1. The highest BCUT2D eigenvalue weighted by Crippen LogP contribution is 2.13. The number of benzene rings is 1. The van der Waals surface area contributed by atoms with E-state index in [0.29, 0.717) is 17.9 Å². The van der Waals surface area contributed by atoms with Crippen molar-refractivity contribution in [2.75, 3.05) is 17.8 Å². The molecule has 4 nitrogen and oxygen atoms in total. The van der Waals surface area contributed by atoms with Gasteiger partial charge in [0.15, 0.2) is 0 Å².